The molecule has 0 aromatic rings. The van der Waals surface area contributed by atoms with Crippen LogP contribution in [0, 0.1) is 16.7 Å². The molecule has 0 heterocycles. The Morgan fingerprint density at radius 2 is 2.08 bits per heavy atom. The van der Waals surface area contributed by atoms with Crippen LogP contribution in [0.5, 0.6) is 0 Å². The number of hydrogen-bond acceptors (Lipinski definition) is 1. The lowest BCUT2D eigenvalue weighted by Gasteiger charge is -2.36. The van der Waals surface area contributed by atoms with Crippen molar-refractivity contribution in [2.45, 2.75) is 46.0 Å². The summed E-state index contributed by atoms with van der Waals surface area (Å²) in [6.07, 6.45) is 5.69. The SMILES string of the molecule is CC1(C)CCCC2(CC2C(=O)O)C1. The maximum Gasteiger partial charge on any atom is 0.307 e. The molecule has 0 bridgehead atoms. The van der Waals surface area contributed by atoms with E-state index in [9.17, 15) is 4.79 Å². The molecule has 0 aromatic carbocycles. The Morgan fingerprint density at radius 1 is 1.38 bits per heavy atom. The number of hydrogen-bond donors (Lipinski definition) is 1. The molecule has 13 heavy (non-hydrogen) atoms. The Hall–Kier alpha value is -0.530. The molecular formula is C11H18O2. The lowest BCUT2D eigenvalue weighted by Crippen LogP contribution is -2.26. The van der Waals surface area contributed by atoms with Gasteiger partial charge in [-0.1, -0.05) is 20.3 Å². The lowest BCUT2D eigenvalue weighted by atomic mass is 9.69. The summed E-state index contributed by atoms with van der Waals surface area (Å²) >= 11 is 0. The fourth-order valence-electron chi connectivity index (χ4n) is 3.22. The molecule has 2 aliphatic rings. The minimum atomic E-state index is -0.572. The Balaban J connectivity index is 2.06. The average molecular weight is 182 g/mol. The summed E-state index contributed by atoms with van der Waals surface area (Å²) in [5.41, 5.74) is 0.579. The van der Waals surface area contributed by atoms with E-state index in [0.717, 1.165) is 19.3 Å². The number of aliphatic carboxylic acids is 1. The molecule has 1 N–H and O–H groups in total. The molecule has 2 fully saturated rings. The monoisotopic (exact) mass is 182 g/mol. The van der Waals surface area contributed by atoms with Crippen molar-refractivity contribution in [2.24, 2.45) is 16.7 Å². The first kappa shape index (κ1) is 9.04. The highest BCUT2D eigenvalue weighted by Gasteiger charge is 2.60. The topological polar surface area (TPSA) is 37.3 Å². The summed E-state index contributed by atoms with van der Waals surface area (Å²) in [5.74, 6) is -0.593. The van der Waals surface area contributed by atoms with Crippen LogP contribution in [-0.4, -0.2) is 11.1 Å². The van der Waals surface area contributed by atoms with Gasteiger partial charge in [-0.3, -0.25) is 4.79 Å². The minimum absolute atomic E-state index is 0.0212. The molecule has 0 amide bonds. The van der Waals surface area contributed by atoms with Gasteiger partial charge >= 0.3 is 5.97 Å². The van der Waals surface area contributed by atoms with Crippen molar-refractivity contribution in [3.63, 3.8) is 0 Å². The van der Waals surface area contributed by atoms with Crippen LogP contribution in [0.1, 0.15) is 46.0 Å². The van der Waals surface area contributed by atoms with E-state index >= 15 is 0 Å². The summed E-state index contributed by atoms with van der Waals surface area (Å²) in [7, 11) is 0. The normalized spacial score (nSPS) is 41.8. The first-order valence-electron chi connectivity index (χ1n) is 5.18. The van der Waals surface area contributed by atoms with Crippen LogP contribution in [0.3, 0.4) is 0 Å². The fourth-order valence-corrected chi connectivity index (χ4v) is 3.22. The molecule has 2 rings (SSSR count). The molecule has 2 nitrogen and oxygen atoms in total. The summed E-state index contributed by atoms with van der Waals surface area (Å²) in [4.78, 5) is 10.8. The molecule has 2 unspecified atom stereocenters. The van der Waals surface area contributed by atoms with Gasteiger partial charge in [0.1, 0.15) is 0 Å². The van der Waals surface area contributed by atoms with Crippen molar-refractivity contribution < 1.29 is 9.90 Å². The van der Waals surface area contributed by atoms with Crippen molar-refractivity contribution in [1.82, 2.24) is 0 Å². The summed E-state index contributed by atoms with van der Waals surface area (Å²) in [6, 6.07) is 0. The van der Waals surface area contributed by atoms with Crippen LogP contribution >= 0.6 is 0 Å². The number of rotatable bonds is 1. The Kier molecular flexibility index (Phi) is 1.73. The molecule has 2 saturated carbocycles. The van der Waals surface area contributed by atoms with Crippen LogP contribution < -0.4 is 0 Å². The highest BCUT2D eigenvalue weighted by Crippen LogP contribution is 2.64. The van der Waals surface area contributed by atoms with Crippen LogP contribution in [0.25, 0.3) is 0 Å². The molecule has 0 aliphatic heterocycles. The van der Waals surface area contributed by atoms with Gasteiger partial charge in [-0.25, -0.2) is 0 Å². The van der Waals surface area contributed by atoms with Gasteiger partial charge in [-0.2, -0.15) is 0 Å². The highest BCUT2D eigenvalue weighted by atomic mass is 16.4. The molecule has 2 aliphatic carbocycles. The third-order valence-corrected chi connectivity index (χ3v) is 3.85. The summed E-state index contributed by atoms with van der Waals surface area (Å²) in [6.45, 7) is 4.54. The molecular weight excluding hydrogens is 164 g/mol. The van der Waals surface area contributed by atoms with Crippen LogP contribution in [0.4, 0.5) is 0 Å². The van der Waals surface area contributed by atoms with Gasteiger partial charge in [0.25, 0.3) is 0 Å². The van der Waals surface area contributed by atoms with E-state index in [0.29, 0.717) is 5.41 Å². The summed E-state index contributed by atoms with van der Waals surface area (Å²) < 4.78 is 0. The van der Waals surface area contributed by atoms with E-state index in [1.165, 1.54) is 12.8 Å². The van der Waals surface area contributed by atoms with E-state index in [1.54, 1.807) is 0 Å². The maximum atomic E-state index is 10.8. The van der Waals surface area contributed by atoms with Gasteiger partial charge in [0.15, 0.2) is 0 Å². The second kappa shape index (κ2) is 2.49. The van der Waals surface area contributed by atoms with Crippen molar-refractivity contribution >= 4 is 5.97 Å². The van der Waals surface area contributed by atoms with Gasteiger partial charge < -0.3 is 5.11 Å². The zero-order chi connectivity index (χ0) is 9.69. The Morgan fingerprint density at radius 3 is 2.54 bits per heavy atom. The van der Waals surface area contributed by atoms with Gasteiger partial charge in [0.05, 0.1) is 5.92 Å². The molecule has 0 radical (unpaired) electrons. The highest BCUT2D eigenvalue weighted by molar-refractivity contribution is 5.74. The Labute approximate surface area is 79.3 Å². The van der Waals surface area contributed by atoms with Gasteiger partial charge in [0.2, 0.25) is 0 Å². The largest absolute Gasteiger partial charge is 0.481 e. The van der Waals surface area contributed by atoms with Crippen molar-refractivity contribution in [1.29, 1.82) is 0 Å². The number of carboxylic acid groups (broad SMARTS) is 1. The first-order chi connectivity index (χ1) is 5.95. The van der Waals surface area contributed by atoms with Crippen molar-refractivity contribution in [3.05, 3.63) is 0 Å². The molecule has 74 valence electrons. The quantitative estimate of drug-likeness (QED) is 0.677. The number of carbonyl (C=O) groups is 1. The first-order valence-corrected chi connectivity index (χ1v) is 5.18. The standard InChI is InChI=1S/C11H18O2/c1-10(2)4-3-5-11(7-10)6-8(11)9(12)13/h8H,3-7H2,1-2H3,(H,12,13). The van der Waals surface area contributed by atoms with Gasteiger partial charge in [-0.05, 0) is 36.5 Å². The predicted molar refractivity (Wildman–Crippen MR) is 50.4 cm³/mol. The van der Waals surface area contributed by atoms with Crippen LogP contribution in [-0.2, 0) is 4.79 Å². The minimum Gasteiger partial charge on any atom is -0.481 e. The summed E-state index contributed by atoms with van der Waals surface area (Å²) in [5, 5.41) is 8.94. The van der Waals surface area contributed by atoms with E-state index in [1.807, 2.05) is 0 Å². The molecule has 0 aromatic heterocycles. The Bertz CT molecular complexity index is 244. The van der Waals surface area contributed by atoms with E-state index in [4.69, 9.17) is 5.11 Å². The van der Waals surface area contributed by atoms with Gasteiger partial charge in [0, 0.05) is 0 Å². The third-order valence-electron chi connectivity index (χ3n) is 3.85. The van der Waals surface area contributed by atoms with Crippen LogP contribution in [0.2, 0.25) is 0 Å². The molecule has 2 atom stereocenters. The molecule has 1 spiro atoms. The zero-order valence-electron chi connectivity index (χ0n) is 8.47. The van der Waals surface area contributed by atoms with Crippen molar-refractivity contribution in [2.75, 3.05) is 0 Å². The fraction of sp³-hybridized carbons (Fsp3) is 0.909. The molecule has 2 heteroatoms. The molecule has 0 saturated heterocycles. The average Bonchev–Trinajstić information content (AvgIpc) is 2.60. The van der Waals surface area contributed by atoms with Crippen molar-refractivity contribution in [3.8, 4) is 0 Å². The predicted octanol–water partition coefficient (Wildman–Crippen LogP) is 2.68. The lowest BCUT2D eigenvalue weighted by molar-refractivity contribution is -0.139. The van der Waals surface area contributed by atoms with E-state index < -0.39 is 5.97 Å². The second-order valence-corrected chi connectivity index (χ2v) is 5.65. The third kappa shape index (κ3) is 1.47. The van der Waals surface area contributed by atoms with Gasteiger partial charge in [-0.15, -0.1) is 0 Å². The number of carboxylic acids is 1. The maximum absolute atomic E-state index is 10.8. The van der Waals surface area contributed by atoms with E-state index in [-0.39, 0.29) is 11.3 Å². The zero-order valence-corrected chi connectivity index (χ0v) is 8.47. The smallest absolute Gasteiger partial charge is 0.307 e. The van der Waals surface area contributed by atoms with E-state index in [2.05, 4.69) is 13.8 Å². The second-order valence-electron chi connectivity index (χ2n) is 5.65. The van der Waals surface area contributed by atoms with Crippen LogP contribution in [0.15, 0.2) is 0 Å².